The van der Waals surface area contributed by atoms with E-state index in [9.17, 15) is 14.0 Å². The summed E-state index contributed by atoms with van der Waals surface area (Å²) in [6.07, 6.45) is 0. The Bertz CT molecular complexity index is 730. The molecule has 1 aromatic heterocycles. The molecule has 0 bridgehead atoms. The van der Waals surface area contributed by atoms with Crippen molar-refractivity contribution in [1.82, 2.24) is 0 Å². The zero-order chi connectivity index (χ0) is 16.3. The van der Waals surface area contributed by atoms with Gasteiger partial charge in [-0.3, -0.25) is 4.79 Å². The van der Waals surface area contributed by atoms with Gasteiger partial charge in [0, 0.05) is 4.47 Å². The van der Waals surface area contributed by atoms with E-state index in [1.807, 2.05) is 0 Å². The van der Waals surface area contributed by atoms with Crippen LogP contribution in [0, 0.1) is 12.7 Å². The monoisotopic (exact) mass is 385 g/mol. The fourth-order valence-electron chi connectivity index (χ4n) is 1.80. The van der Waals surface area contributed by atoms with Crippen molar-refractivity contribution in [2.45, 2.75) is 13.8 Å². The van der Waals surface area contributed by atoms with Gasteiger partial charge in [-0.25, -0.2) is 9.18 Å². The molecule has 0 aliphatic rings. The number of nitrogens with one attached hydrogen (secondary N) is 1. The molecule has 0 atom stereocenters. The van der Waals surface area contributed by atoms with Crippen molar-refractivity contribution in [2.75, 3.05) is 11.9 Å². The van der Waals surface area contributed by atoms with Gasteiger partial charge in [0.25, 0.3) is 5.91 Å². The van der Waals surface area contributed by atoms with Crippen LogP contribution in [0.25, 0.3) is 0 Å². The minimum Gasteiger partial charge on any atom is -0.462 e. The standard InChI is InChI=1S/C15H13BrFNO3S/c1-3-21-15(20)13-8(2)6-12(22-13)18-14(19)10-5-4-9(17)7-11(10)16/h4-7H,3H2,1-2H3,(H,18,19). The first-order chi connectivity index (χ1) is 10.4. The van der Waals surface area contributed by atoms with Gasteiger partial charge in [-0.15, -0.1) is 11.3 Å². The number of anilines is 1. The van der Waals surface area contributed by atoms with Crippen molar-refractivity contribution in [2.24, 2.45) is 0 Å². The summed E-state index contributed by atoms with van der Waals surface area (Å²) in [6.45, 7) is 3.79. The van der Waals surface area contributed by atoms with Gasteiger partial charge in [-0.05, 0) is 59.6 Å². The Morgan fingerprint density at radius 3 is 2.73 bits per heavy atom. The molecule has 0 saturated carbocycles. The SMILES string of the molecule is CCOC(=O)c1sc(NC(=O)c2ccc(F)cc2Br)cc1C. The molecule has 0 radical (unpaired) electrons. The molecule has 4 nitrogen and oxygen atoms in total. The molecule has 0 saturated heterocycles. The highest BCUT2D eigenvalue weighted by atomic mass is 79.9. The molecule has 0 aliphatic heterocycles. The molecule has 1 N–H and O–H groups in total. The largest absolute Gasteiger partial charge is 0.462 e. The Labute approximate surface area is 139 Å². The zero-order valence-corrected chi connectivity index (χ0v) is 14.3. The second-order valence-corrected chi connectivity index (χ2v) is 6.33. The van der Waals surface area contributed by atoms with E-state index < -0.39 is 11.8 Å². The van der Waals surface area contributed by atoms with Crippen molar-refractivity contribution in [3.8, 4) is 0 Å². The average molecular weight is 386 g/mol. The lowest BCUT2D eigenvalue weighted by atomic mass is 10.2. The van der Waals surface area contributed by atoms with Gasteiger partial charge >= 0.3 is 5.97 Å². The number of hydrogen-bond acceptors (Lipinski definition) is 4. The number of carbonyl (C=O) groups is 2. The molecule has 7 heteroatoms. The van der Waals surface area contributed by atoms with Crippen LogP contribution in [-0.4, -0.2) is 18.5 Å². The second-order valence-electron chi connectivity index (χ2n) is 4.42. The van der Waals surface area contributed by atoms with Gasteiger partial charge in [-0.2, -0.15) is 0 Å². The summed E-state index contributed by atoms with van der Waals surface area (Å²) in [6, 6.07) is 5.52. The third-order valence-corrected chi connectivity index (χ3v) is 4.58. The van der Waals surface area contributed by atoms with Crippen molar-refractivity contribution >= 4 is 44.1 Å². The molecule has 1 aromatic carbocycles. The number of aryl methyl sites for hydroxylation is 1. The lowest BCUT2D eigenvalue weighted by Gasteiger charge is -2.04. The third kappa shape index (κ3) is 3.72. The molecule has 1 heterocycles. The minimum absolute atomic E-state index is 0.292. The summed E-state index contributed by atoms with van der Waals surface area (Å²) in [4.78, 5) is 24.4. The first-order valence-electron chi connectivity index (χ1n) is 6.46. The summed E-state index contributed by atoms with van der Waals surface area (Å²) in [5.74, 6) is -1.23. The highest BCUT2D eigenvalue weighted by Crippen LogP contribution is 2.28. The zero-order valence-electron chi connectivity index (χ0n) is 11.9. The van der Waals surface area contributed by atoms with Gasteiger partial charge in [-0.1, -0.05) is 0 Å². The maximum absolute atomic E-state index is 13.0. The van der Waals surface area contributed by atoms with E-state index in [4.69, 9.17) is 4.74 Å². The highest BCUT2D eigenvalue weighted by Gasteiger charge is 2.17. The Morgan fingerprint density at radius 1 is 1.36 bits per heavy atom. The summed E-state index contributed by atoms with van der Waals surface area (Å²) in [5.41, 5.74) is 1.04. The van der Waals surface area contributed by atoms with Crippen LogP contribution in [0.2, 0.25) is 0 Å². The van der Waals surface area contributed by atoms with Crippen LogP contribution in [0.1, 0.15) is 32.5 Å². The molecule has 0 unspecified atom stereocenters. The maximum Gasteiger partial charge on any atom is 0.348 e. The number of ether oxygens (including phenoxy) is 1. The molecule has 2 aromatic rings. The van der Waals surface area contributed by atoms with E-state index in [2.05, 4.69) is 21.2 Å². The Kier molecular flexibility index (Phi) is 5.31. The number of thiophene rings is 1. The van der Waals surface area contributed by atoms with Crippen molar-refractivity contribution in [3.05, 3.63) is 50.6 Å². The minimum atomic E-state index is -0.431. The van der Waals surface area contributed by atoms with Gasteiger partial charge < -0.3 is 10.1 Å². The van der Waals surface area contributed by atoms with E-state index in [-0.39, 0.29) is 5.91 Å². The molecule has 2 rings (SSSR count). The third-order valence-electron chi connectivity index (χ3n) is 2.79. The fraction of sp³-hybridized carbons (Fsp3) is 0.200. The van der Waals surface area contributed by atoms with E-state index in [1.54, 1.807) is 19.9 Å². The van der Waals surface area contributed by atoms with Gasteiger partial charge in [0.1, 0.15) is 10.7 Å². The quantitative estimate of drug-likeness (QED) is 0.794. The molecular formula is C15H13BrFNO3S. The highest BCUT2D eigenvalue weighted by molar-refractivity contribution is 9.10. The number of benzene rings is 1. The first kappa shape index (κ1) is 16.6. The molecule has 0 spiro atoms. The van der Waals surface area contributed by atoms with Crippen LogP contribution in [-0.2, 0) is 4.74 Å². The van der Waals surface area contributed by atoms with Gasteiger partial charge in [0.05, 0.1) is 17.2 Å². The lowest BCUT2D eigenvalue weighted by Crippen LogP contribution is -2.11. The Balaban J connectivity index is 2.18. The summed E-state index contributed by atoms with van der Waals surface area (Å²) >= 11 is 4.30. The van der Waals surface area contributed by atoms with Gasteiger partial charge in [0.2, 0.25) is 0 Å². The van der Waals surface area contributed by atoms with Crippen molar-refractivity contribution < 1.29 is 18.7 Å². The first-order valence-corrected chi connectivity index (χ1v) is 8.07. The van der Waals surface area contributed by atoms with E-state index in [0.29, 0.717) is 26.5 Å². The van der Waals surface area contributed by atoms with Gasteiger partial charge in [0.15, 0.2) is 0 Å². The van der Waals surface area contributed by atoms with Crippen LogP contribution in [0.3, 0.4) is 0 Å². The van der Waals surface area contributed by atoms with Crippen LogP contribution in [0.4, 0.5) is 9.39 Å². The number of amides is 1. The smallest absolute Gasteiger partial charge is 0.348 e. The van der Waals surface area contributed by atoms with E-state index in [1.165, 1.54) is 18.2 Å². The van der Waals surface area contributed by atoms with E-state index >= 15 is 0 Å². The molecule has 22 heavy (non-hydrogen) atoms. The number of hydrogen-bond donors (Lipinski definition) is 1. The fourth-order valence-corrected chi connectivity index (χ4v) is 3.29. The normalized spacial score (nSPS) is 10.4. The predicted molar refractivity (Wildman–Crippen MR) is 87.1 cm³/mol. The number of halogens is 2. The summed E-state index contributed by atoms with van der Waals surface area (Å²) in [7, 11) is 0. The Morgan fingerprint density at radius 2 is 2.09 bits per heavy atom. The average Bonchev–Trinajstić information content (AvgIpc) is 2.79. The number of carbonyl (C=O) groups excluding carboxylic acids is 2. The predicted octanol–water partition coefficient (Wildman–Crippen LogP) is 4.39. The van der Waals surface area contributed by atoms with Crippen LogP contribution >= 0.6 is 27.3 Å². The molecule has 0 aliphatic carbocycles. The Hall–Kier alpha value is -1.73. The summed E-state index contributed by atoms with van der Waals surface area (Å²) in [5, 5.41) is 3.23. The van der Waals surface area contributed by atoms with Crippen LogP contribution in [0.5, 0.6) is 0 Å². The van der Waals surface area contributed by atoms with E-state index in [0.717, 1.165) is 16.9 Å². The number of rotatable bonds is 4. The summed E-state index contributed by atoms with van der Waals surface area (Å²) < 4.78 is 18.4. The van der Waals surface area contributed by atoms with Crippen molar-refractivity contribution in [3.63, 3.8) is 0 Å². The van der Waals surface area contributed by atoms with Crippen LogP contribution < -0.4 is 5.32 Å². The molecule has 1 amide bonds. The molecular weight excluding hydrogens is 373 g/mol. The van der Waals surface area contributed by atoms with Crippen LogP contribution in [0.15, 0.2) is 28.7 Å². The molecule has 116 valence electrons. The van der Waals surface area contributed by atoms with Crippen molar-refractivity contribution in [1.29, 1.82) is 0 Å². The lowest BCUT2D eigenvalue weighted by molar-refractivity contribution is 0.0531. The number of esters is 1. The molecule has 0 fully saturated rings. The second kappa shape index (κ2) is 7.02. The topological polar surface area (TPSA) is 55.4 Å². The maximum atomic E-state index is 13.0.